The van der Waals surface area contributed by atoms with E-state index < -0.39 is 18.7 Å². The van der Waals surface area contributed by atoms with Crippen LogP contribution in [0.5, 0.6) is 0 Å². The quantitative estimate of drug-likeness (QED) is 0.678. The number of nitrogens with zero attached hydrogens (tertiary/aromatic N) is 7. The van der Waals surface area contributed by atoms with Crippen LogP contribution in [0.3, 0.4) is 0 Å². The molecule has 0 saturated heterocycles. The zero-order valence-electron chi connectivity index (χ0n) is 11.3. The molecule has 0 atom stereocenters. The van der Waals surface area contributed by atoms with E-state index in [-0.39, 0.29) is 12.4 Å². The van der Waals surface area contributed by atoms with Gasteiger partial charge in [-0.2, -0.15) is 14.5 Å². The lowest BCUT2D eigenvalue weighted by molar-refractivity contribution is 0.120. The molecule has 2 heterocycles. The van der Waals surface area contributed by atoms with Gasteiger partial charge in [-0.05, 0) is 22.6 Å². The van der Waals surface area contributed by atoms with Gasteiger partial charge < -0.3 is 0 Å². The van der Waals surface area contributed by atoms with Gasteiger partial charge in [-0.25, -0.2) is 23.2 Å². The predicted molar refractivity (Wildman–Crippen MR) is 70.7 cm³/mol. The molecule has 3 rings (SSSR count). The minimum atomic E-state index is -2.56. The molecule has 8 nitrogen and oxygen atoms in total. The fourth-order valence-corrected chi connectivity index (χ4v) is 1.93. The molecule has 0 amide bonds. The molecule has 1 aromatic carbocycles. The number of aromatic nitrogens is 7. The highest BCUT2D eigenvalue weighted by Gasteiger charge is 2.14. The monoisotopic (exact) mass is 307 g/mol. The molecule has 0 saturated carbocycles. The molecule has 0 aliphatic rings. The summed E-state index contributed by atoms with van der Waals surface area (Å²) in [6, 6.07) is 8.76. The fraction of sp³-hybridized carbons (Fsp3) is 0.250. The summed E-state index contributed by atoms with van der Waals surface area (Å²) in [5, 5.41) is 11.2. The van der Waals surface area contributed by atoms with Crippen molar-refractivity contribution >= 4 is 0 Å². The van der Waals surface area contributed by atoms with Gasteiger partial charge in [0.2, 0.25) is 0 Å². The van der Waals surface area contributed by atoms with Gasteiger partial charge in [-0.3, -0.25) is 0 Å². The number of alkyl halides is 2. The minimum absolute atomic E-state index is 0.0849. The Morgan fingerprint density at radius 2 is 1.86 bits per heavy atom. The number of benzene rings is 1. The van der Waals surface area contributed by atoms with Crippen LogP contribution in [0.4, 0.5) is 8.78 Å². The van der Waals surface area contributed by atoms with Crippen LogP contribution >= 0.6 is 0 Å². The number of para-hydroxylation sites is 1. The molecule has 22 heavy (non-hydrogen) atoms. The summed E-state index contributed by atoms with van der Waals surface area (Å²) in [6.45, 7) is -0.671. The standard InChI is InChI=1S/C12H11F2N7O/c13-10(14)6-19-11(15-8-16-19)7-20-12(22)21(18-17-20)9-4-2-1-3-5-9/h1-5,8,10H,6-7H2. The van der Waals surface area contributed by atoms with Crippen molar-refractivity contribution in [2.45, 2.75) is 19.5 Å². The van der Waals surface area contributed by atoms with E-state index in [4.69, 9.17) is 0 Å². The minimum Gasteiger partial charge on any atom is -0.244 e. The normalized spacial score (nSPS) is 11.2. The highest BCUT2D eigenvalue weighted by atomic mass is 19.3. The first-order valence-corrected chi connectivity index (χ1v) is 6.38. The van der Waals surface area contributed by atoms with Crippen LogP contribution < -0.4 is 5.69 Å². The van der Waals surface area contributed by atoms with Crippen molar-refractivity contribution in [1.29, 1.82) is 0 Å². The van der Waals surface area contributed by atoms with E-state index >= 15 is 0 Å². The van der Waals surface area contributed by atoms with Crippen LogP contribution in [-0.4, -0.2) is 41.0 Å². The van der Waals surface area contributed by atoms with Gasteiger partial charge in [0.1, 0.15) is 25.2 Å². The van der Waals surface area contributed by atoms with Crippen LogP contribution in [0.2, 0.25) is 0 Å². The smallest absolute Gasteiger partial charge is 0.244 e. The van der Waals surface area contributed by atoms with Gasteiger partial charge >= 0.3 is 5.69 Å². The van der Waals surface area contributed by atoms with Gasteiger partial charge in [-0.1, -0.05) is 18.2 Å². The first-order valence-electron chi connectivity index (χ1n) is 6.38. The van der Waals surface area contributed by atoms with Crippen molar-refractivity contribution in [2.75, 3.05) is 0 Å². The number of tetrazole rings is 1. The number of hydrogen-bond donors (Lipinski definition) is 0. The molecule has 10 heteroatoms. The molecular weight excluding hydrogens is 296 g/mol. The average Bonchev–Trinajstić information content (AvgIpc) is 3.08. The third-order valence-corrected chi connectivity index (χ3v) is 2.94. The van der Waals surface area contributed by atoms with E-state index in [1.807, 2.05) is 6.07 Å². The van der Waals surface area contributed by atoms with Crippen molar-refractivity contribution < 1.29 is 8.78 Å². The van der Waals surface area contributed by atoms with Crippen molar-refractivity contribution in [3.8, 4) is 5.69 Å². The first kappa shape index (κ1) is 14.0. The Kier molecular flexibility index (Phi) is 3.73. The molecule has 114 valence electrons. The van der Waals surface area contributed by atoms with Crippen LogP contribution in [0, 0.1) is 0 Å². The lowest BCUT2D eigenvalue weighted by Gasteiger charge is -2.04. The highest BCUT2D eigenvalue weighted by molar-refractivity contribution is 5.28. The van der Waals surface area contributed by atoms with Crippen molar-refractivity contribution in [3.05, 3.63) is 53.0 Å². The van der Waals surface area contributed by atoms with Crippen LogP contribution in [0.15, 0.2) is 41.5 Å². The molecule has 0 aliphatic heterocycles. The molecular formula is C12H11F2N7O. The Bertz CT molecular complexity index is 808. The second kappa shape index (κ2) is 5.84. The molecule has 0 unspecified atom stereocenters. The molecule has 0 N–H and O–H groups in total. The van der Waals surface area contributed by atoms with Crippen LogP contribution in [0.1, 0.15) is 5.82 Å². The maximum absolute atomic E-state index is 12.4. The number of rotatable bonds is 5. The lowest BCUT2D eigenvalue weighted by Crippen LogP contribution is -2.26. The lowest BCUT2D eigenvalue weighted by atomic mass is 10.3. The molecule has 0 spiro atoms. The summed E-state index contributed by atoms with van der Waals surface area (Å²) in [6.07, 6.45) is -1.40. The van der Waals surface area contributed by atoms with E-state index in [1.165, 1.54) is 0 Å². The van der Waals surface area contributed by atoms with E-state index in [0.717, 1.165) is 20.4 Å². The molecule has 0 fully saturated rings. The third kappa shape index (κ3) is 2.75. The summed E-state index contributed by atoms with van der Waals surface area (Å²) < 4.78 is 28.1. The number of halogens is 2. The van der Waals surface area contributed by atoms with Crippen LogP contribution in [-0.2, 0) is 13.1 Å². The first-order chi connectivity index (χ1) is 10.6. The fourth-order valence-electron chi connectivity index (χ4n) is 1.93. The van der Waals surface area contributed by atoms with Crippen molar-refractivity contribution in [2.24, 2.45) is 0 Å². The van der Waals surface area contributed by atoms with E-state index in [1.54, 1.807) is 24.3 Å². The molecule has 0 aliphatic carbocycles. The Balaban J connectivity index is 1.87. The van der Waals surface area contributed by atoms with Crippen molar-refractivity contribution in [3.63, 3.8) is 0 Å². The third-order valence-electron chi connectivity index (χ3n) is 2.94. The average molecular weight is 307 g/mol. The van der Waals surface area contributed by atoms with E-state index in [9.17, 15) is 13.6 Å². The molecule has 2 aromatic heterocycles. The Hall–Kier alpha value is -2.91. The summed E-state index contributed by atoms with van der Waals surface area (Å²) in [7, 11) is 0. The summed E-state index contributed by atoms with van der Waals surface area (Å²) in [5.41, 5.74) is 0.0746. The second-order valence-corrected chi connectivity index (χ2v) is 4.42. The van der Waals surface area contributed by atoms with E-state index in [0.29, 0.717) is 5.69 Å². The Labute approximate surface area is 122 Å². The van der Waals surface area contributed by atoms with Gasteiger partial charge in [0.25, 0.3) is 6.43 Å². The predicted octanol–water partition coefficient (Wildman–Crippen LogP) is 0.334. The Morgan fingerprint density at radius 3 is 2.59 bits per heavy atom. The zero-order chi connectivity index (χ0) is 15.5. The van der Waals surface area contributed by atoms with Crippen LogP contribution in [0.25, 0.3) is 5.69 Å². The van der Waals surface area contributed by atoms with Gasteiger partial charge in [0, 0.05) is 0 Å². The SMILES string of the molecule is O=c1n(Cc2ncnn2CC(F)F)nnn1-c1ccccc1. The summed E-state index contributed by atoms with van der Waals surface area (Å²) in [4.78, 5) is 16.1. The Morgan fingerprint density at radius 1 is 1.09 bits per heavy atom. The topological polar surface area (TPSA) is 83.4 Å². The second-order valence-electron chi connectivity index (χ2n) is 4.42. The molecule has 0 bridgehead atoms. The van der Waals surface area contributed by atoms with E-state index in [2.05, 4.69) is 20.5 Å². The van der Waals surface area contributed by atoms with Gasteiger partial charge in [0.15, 0.2) is 0 Å². The number of hydrogen-bond acceptors (Lipinski definition) is 5. The molecule has 3 aromatic rings. The highest BCUT2D eigenvalue weighted by Crippen LogP contribution is 2.03. The maximum atomic E-state index is 12.4. The van der Waals surface area contributed by atoms with Crippen molar-refractivity contribution in [1.82, 2.24) is 34.6 Å². The van der Waals surface area contributed by atoms with Gasteiger partial charge in [-0.15, -0.1) is 0 Å². The summed E-state index contributed by atoms with van der Waals surface area (Å²) >= 11 is 0. The maximum Gasteiger partial charge on any atom is 0.368 e. The molecule has 0 radical (unpaired) electrons. The largest absolute Gasteiger partial charge is 0.368 e. The summed E-state index contributed by atoms with van der Waals surface area (Å²) in [5.74, 6) is 0.211. The van der Waals surface area contributed by atoms with Gasteiger partial charge in [0.05, 0.1) is 5.69 Å². The zero-order valence-corrected chi connectivity index (χ0v) is 11.3.